The summed E-state index contributed by atoms with van der Waals surface area (Å²) in [7, 11) is 0. The number of nitrogens with zero attached hydrogens (tertiary/aromatic N) is 2. The maximum absolute atomic E-state index is 12.2. The Labute approximate surface area is 120 Å². The molecule has 3 rings (SSSR count). The lowest BCUT2D eigenvalue weighted by Crippen LogP contribution is -2.52. The standard InChI is InChI=1S/C16H23N3O/c20-16(18-9-4-5-10-18)12-14-13-19(11-8-17-14)15-6-2-1-3-7-15/h1-3,6-7,14,17H,4-5,8-13H2. The number of nitrogens with one attached hydrogen (secondary N) is 1. The Kier molecular flexibility index (Phi) is 4.21. The number of hydrogen-bond donors (Lipinski definition) is 1. The van der Waals surface area contributed by atoms with Gasteiger partial charge in [0, 0.05) is 50.9 Å². The molecule has 2 aliphatic rings. The summed E-state index contributed by atoms with van der Waals surface area (Å²) in [6.45, 7) is 4.79. The Morgan fingerprint density at radius 3 is 2.65 bits per heavy atom. The molecule has 108 valence electrons. The molecule has 4 heteroatoms. The van der Waals surface area contributed by atoms with Crippen molar-refractivity contribution < 1.29 is 4.79 Å². The second-order valence-corrected chi connectivity index (χ2v) is 5.72. The molecule has 4 nitrogen and oxygen atoms in total. The fraction of sp³-hybridized carbons (Fsp3) is 0.562. The molecule has 0 aliphatic carbocycles. The van der Waals surface area contributed by atoms with E-state index in [1.807, 2.05) is 11.0 Å². The molecule has 0 radical (unpaired) electrons. The summed E-state index contributed by atoms with van der Waals surface area (Å²) in [5, 5.41) is 3.48. The lowest BCUT2D eigenvalue weighted by molar-refractivity contribution is -0.130. The Bertz CT molecular complexity index is 442. The van der Waals surface area contributed by atoms with Crippen molar-refractivity contribution in [2.75, 3.05) is 37.6 Å². The highest BCUT2D eigenvalue weighted by atomic mass is 16.2. The normalized spacial score (nSPS) is 23.1. The van der Waals surface area contributed by atoms with Crippen LogP contribution in [0, 0.1) is 0 Å². The number of carbonyl (C=O) groups excluding carboxylic acids is 1. The Morgan fingerprint density at radius 1 is 1.15 bits per heavy atom. The monoisotopic (exact) mass is 273 g/mol. The van der Waals surface area contributed by atoms with Crippen molar-refractivity contribution >= 4 is 11.6 Å². The van der Waals surface area contributed by atoms with Gasteiger partial charge in [-0.05, 0) is 25.0 Å². The van der Waals surface area contributed by atoms with Crippen LogP contribution in [0.1, 0.15) is 19.3 Å². The highest BCUT2D eigenvalue weighted by Crippen LogP contribution is 2.17. The highest BCUT2D eigenvalue weighted by molar-refractivity contribution is 5.77. The van der Waals surface area contributed by atoms with E-state index in [0.717, 1.165) is 32.7 Å². The molecule has 0 bridgehead atoms. The van der Waals surface area contributed by atoms with Crippen molar-refractivity contribution in [1.29, 1.82) is 0 Å². The lowest BCUT2D eigenvalue weighted by atomic mass is 10.1. The molecule has 0 saturated carbocycles. The van der Waals surface area contributed by atoms with Gasteiger partial charge < -0.3 is 15.1 Å². The summed E-state index contributed by atoms with van der Waals surface area (Å²) in [6.07, 6.45) is 2.96. The maximum atomic E-state index is 12.2. The molecule has 1 aromatic carbocycles. The zero-order valence-corrected chi connectivity index (χ0v) is 11.9. The van der Waals surface area contributed by atoms with E-state index in [9.17, 15) is 4.79 Å². The molecule has 1 amide bonds. The predicted octanol–water partition coefficient (Wildman–Crippen LogP) is 1.48. The number of carbonyl (C=O) groups is 1. The van der Waals surface area contributed by atoms with Gasteiger partial charge in [0.2, 0.25) is 5.91 Å². The van der Waals surface area contributed by atoms with Crippen molar-refractivity contribution in [3.8, 4) is 0 Å². The predicted molar refractivity (Wildman–Crippen MR) is 80.9 cm³/mol. The van der Waals surface area contributed by atoms with Crippen molar-refractivity contribution in [2.45, 2.75) is 25.3 Å². The molecular formula is C16H23N3O. The van der Waals surface area contributed by atoms with E-state index in [0.29, 0.717) is 12.3 Å². The first-order valence-corrected chi connectivity index (χ1v) is 7.64. The third kappa shape index (κ3) is 3.12. The second-order valence-electron chi connectivity index (χ2n) is 5.72. The summed E-state index contributed by atoms with van der Waals surface area (Å²) in [5.74, 6) is 0.315. The van der Waals surface area contributed by atoms with Crippen LogP contribution in [-0.4, -0.2) is 49.6 Å². The van der Waals surface area contributed by atoms with E-state index in [1.54, 1.807) is 0 Å². The number of hydrogen-bond acceptors (Lipinski definition) is 3. The summed E-state index contributed by atoms with van der Waals surface area (Å²) in [6, 6.07) is 10.7. The van der Waals surface area contributed by atoms with Crippen molar-refractivity contribution in [3.05, 3.63) is 30.3 Å². The quantitative estimate of drug-likeness (QED) is 0.906. The Morgan fingerprint density at radius 2 is 1.90 bits per heavy atom. The molecule has 1 atom stereocenters. The first-order chi connectivity index (χ1) is 9.83. The average molecular weight is 273 g/mol. The zero-order chi connectivity index (χ0) is 13.8. The van der Waals surface area contributed by atoms with E-state index >= 15 is 0 Å². The minimum atomic E-state index is 0.275. The minimum absolute atomic E-state index is 0.275. The SMILES string of the molecule is O=C(CC1CN(c2ccccc2)CCN1)N1CCCC1. The molecule has 0 spiro atoms. The molecule has 0 aromatic heterocycles. The van der Waals surface area contributed by atoms with Crippen LogP contribution in [0.25, 0.3) is 0 Å². The summed E-state index contributed by atoms with van der Waals surface area (Å²) >= 11 is 0. The molecule has 2 heterocycles. The summed E-state index contributed by atoms with van der Waals surface area (Å²) < 4.78 is 0. The van der Waals surface area contributed by atoms with Gasteiger partial charge >= 0.3 is 0 Å². The molecule has 1 aromatic rings. The van der Waals surface area contributed by atoms with Gasteiger partial charge in [-0.25, -0.2) is 0 Å². The molecule has 2 aliphatic heterocycles. The van der Waals surface area contributed by atoms with E-state index in [2.05, 4.69) is 34.5 Å². The van der Waals surface area contributed by atoms with Crippen LogP contribution < -0.4 is 10.2 Å². The fourth-order valence-electron chi connectivity index (χ4n) is 3.14. The third-order valence-corrected chi connectivity index (χ3v) is 4.26. The lowest BCUT2D eigenvalue weighted by Gasteiger charge is -2.35. The zero-order valence-electron chi connectivity index (χ0n) is 11.9. The highest BCUT2D eigenvalue weighted by Gasteiger charge is 2.25. The minimum Gasteiger partial charge on any atom is -0.369 e. The smallest absolute Gasteiger partial charge is 0.224 e. The van der Waals surface area contributed by atoms with Crippen LogP contribution in [0.3, 0.4) is 0 Å². The van der Waals surface area contributed by atoms with Crippen molar-refractivity contribution in [2.24, 2.45) is 0 Å². The van der Waals surface area contributed by atoms with E-state index < -0.39 is 0 Å². The van der Waals surface area contributed by atoms with Gasteiger partial charge in [0.15, 0.2) is 0 Å². The molecule has 2 fully saturated rings. The van der Waals surface area contributed by atoms with E-state index in [-0.39, 0.29) is 6.04 Å². The van der Waals surface area contributed by atoms with Gasteiger partial charge in [-0.1, -0.05) is 18.2 Å². The fourth-order valence-corrected chi connectivity index (χ4v) is 3.14. The topological polar surface area (TPSA) is 35.6 Å². The van der Waals surface area contributed by atoms with Crippen LogP contribution in [-0.2, 0) is 4.79 Å². The Balaban J connectivity index is 1.56. The molecule has 2 saturated heterocycles. The number of amides is 1. The van der Waals surface area contributed by atoms with Gasteiger partial charge in [0.25, 0.3) is 0 Å². The number of likely N-dealkylation sites (tertiary alicyclic amines) is 1. The molecule has 1 unspecified atom stereocenters. The first-order valence-electron chi connectivity index (χ1n) is 7.64. The van der Waals surface area contributed by atoms with Gasteiger partial charge in [-0.2, -0.15) is 0 Å². The van der Waals surface area contributed by atoms with Crippen LogP contribution >= 0.6 is 0 Å². The largest absolute Gasteiger partial charge is 0.369 e. The maximum Gasteiger partial charge on any atom is 0.224 e. The molecule has 20 heavy (non-hydrogen) atoms. The van der Waals surface area contributed by atoms with Gasteiger partial charge in [-0.15, -0.1) is 0 Å². The second kappa shape index (κ2) is 6.27. The van der Waals surface area contributed by atoms with E-state index in [1.165, 1.54) is 18.5 Å². The van der Waals surface area contributed by atoms with Crippen molar-refractivity contribution in [3.63, 3.8) is 0 Å². The van der Waals surface area contributed by atoms with Crippen LogP contribution in [0.4, 0.5) is 5.69 Å². The van der Waals surface area contributed by atoms with Crippen molar-refractivity contribution in [1.82, 2.24) is 10.2 Å². The summed E-state index contributed by atoms with van der Waals surface area (Å²) in [5.41, 5.74) is 1.26. The molecular weight excluding hydrogens is 250 g/mol. The van der Waals surface area contributed by atoms with Crippen LogP contribution in [0.5, 0.6) is 0 Å². The summed E-state index contributed by atoms with van der Waals surface area (Å²) in [4.78, 5) is 16.6. The Hall–Kier alpha value is -1.55. The van der Waals surface area contributed by atoms with Gasteiger partial charge in [0.1, 0.15) is 0 Å². The van der Waals surface area contributed by atoms with Crippen LogP contribution in [0.2, 0.25) is 0 Å². The number of benzene rings is 1. The number of piperazine rings is 1. The number of anilines is 1. The van der Waals surface area contributed by atoms with Gasteiger partial charge in [0.05, 0.1) is 0 Å². The average Bonchev–Trinajstić information content (AvgIpc) is 3.03. The van der Waals surface area contributed by atoms with E-state index in [4.69, 9.17) is 0 Å². The van der Waals surface area contributed by atoms with Crippen LogP contribution in [0.15, 0.2) is 30.3 Å². The number of rotatable bonds is 3. The first kappa shape index (κ1) is 13.4. The molecule has 1 N–H and O–H groups in total. The third-order valence-electron chi connectivity index (χ3n) is 4.26. The number of para-hydroxylation sites is 1. The van der Waals surface area contributed by atoms with Gasteiger partial charge in [-0.3, -0.25) is 4.79 Å².